The third-order valence-electron chi connectivity index (χ3n) is 4.47. The highest BCUT2D eigenvalue weighted by molar-refractivity contribution is 5.85. The summed E-state index contributed by atoms with van der Waals surface area (Å²) in [4.78, 5) is 20.2. The van der Waals surface area contributed by atoms with Gasteiger partial charge < -0.3 is 15.1 Å². The average molecular weight is 280 g/mol. The van der Waals surface area contributed by atoms with Crippen LogP contribution in [0.3, 0.4) is 0 Å². The Morgan fingerprint density at radius 2 is 1.85 bits per heavy atom. The molecule has 2 unspecified atom stereocenters. The molecule has 2 aliphatic rings. The van der Waals surface area contributed by atoms with Crippen molar-refractivity contribution >= 4 is 11.9 Å². The summed E-state index contributed by atoms with van der Waals surface area (Å²) >= 11 is 0. The molecule has 2 fully saturated rings. The van der Waals surface area contributed by atoms with Crippen molar-refractivity contribution in [1.82, 2.24) is 15.1 Å². The SMILES string of the molecule is CCNC(=NCC(=O)N(C)C)N1CC2CCCCC2C1. The second-order valence-electron chi connectivity index (χ2n) is 6.17. The summed E-state index contributed by atoms with van der Waals surface area (Å²) in [5.41, 5.74) is 0. The lowest BCUT2D eigenvalue weighted by Crippen LogP contribution is -2.41. The van der Waals surface area contributed by atoms with Gasteiger partial charge in [0.2, 0.25) is 5.91 Å². The van der Waals surface area contributed by atoms with E-state index in [1.807, 2.05) is 0 Å². The highest BCUT2D eigenvalue weighted by Crippen LogP contribution is 2.35. The Morgan fingerprint density at radius 1 is 1.25 bits per heavy atom. The van der Waals surface area contributed by atoms with E-state index in [-0.39, 0.29) is 12.5 Å². The summed E-state index contributed by atoms with van der Waals surface area (Å²) in [5.74, 6) is 2.63. The smallest absolute Gasteiger partial charge is 0.243 e. The normalized spacial score (nSPS) is 26.4. The number of nitrogens with zero attached hydrogens (tertiary/aromatic N) is 3. The monoisotopic (exact) mass is 280 g/mol. The number of likely N-dealkylation sites (tertiary alicyclic amines) is 1. The highest BCUT2D eigenvalue weighted by atomic mass is 16.2. The molecule has 20 heavy (non-hydrogen) atoms. The quantitative estimate of drug-likeness (QED) is 0.623. The van der Waals surface area contributed by atoms with Gasteiger partial charge in [0.1, 0.15) is 6.54 Å². The number of nitrogens with one attached hydrogen (secondary N) is 1. The molecular formula is C15H28N4O. The van der Waals surface area contributed by atoms with E-state index in [0.717, 1.165) is 37.4 Å². The molecule has 5 heteroatoms. The van der Waals surface area contributed by atoms with Crippen LogP contribution in [0.25, 0.3) is 0 Å². The Hall–Kier alpha value is -1.26. The molecule has 5 nitrogen and oxygen atoms in total. The molecule has 1 N–H and O–H groups in total. The lowest BCUT2D eigenvalue weighted by molar-refractivity contribution is -0.127. The van der Waals surface area contributed by atoms with Gasteiger partial charge in [-0.15, -0.1) is 0 Å². The fourth-order valence-electron chi connectivity index (χ4n) is 3.29. The van der Waals surface area contributed by atoms with Crippen molar-refractivity contribution in [3.63, 3.8) is 0 Å². The van der Waals surface area contributed by atoms with E-state index in [9.17, 15) is 4.79 Å². The van der Waals surface area contributed by atoms with Crippen molar-refractivity contribution in [1.29, 1.82) is 0 Å². The minimum absolute atomic E-state index is 0.0528. The first-order valence-electron chi connectivity index (χ1n) is 7.85. The van der Waals surface area contributed by atoms with Gasteiger partial charge in [-0.25, -0.2) is 4.99 Å². The van der Waals surface area contributed by atoms with Crippen LogP contribution in [0.2, 0.25) is 0 Å². The Balaban J connectivity index is 1.97. The summed E-state index contributed by atoms with van der Waals surface area (Å²) in [6, 6.07) is 0. The van der Waals surface area contributed by atoms with Crippen LogP contribution in [0, 0.1) is 11.8 Å². The molecule has 2 atom stereocenters. The third-order valence-corrected chi connectivity index (χ3v) is 4.47. The molecule has 0 bridgehead atoms. The van der Waals surface area contributed by atoms with Gasteiger partial charge in [-0.3, -0.25) is 4.79 Å². The van der Waals surface area contributed by atoms with E-state index < -0.39 is 0 Å². The molecule has 1 aliphatic heterocycles. The molecule has 1 amide bonds. The predicted molar refractivity (Wildman–Crippen MR) is 81.7 cm³/mol. The molecule has 1 saturated carbocycles. The summed E-state index contributed by atoms with van der Waals surface area (Å²) in [5, 5.41) is 3.33. The number of rotatable bonds is 3. The minimum atomic E-state index is 0.0528. The number of hydrogen-bond donors (Lipinski definition) is 1. The van der Waals surface area contributed by atoms with Gasteiger partial charge in [-0.05, 0) is 31.6 Å². The van der Waals surface area contributed by atoms with E-state index in [2.05, 4.69) is 22.1 Å². The van der Waals surface area contributed by atoms with Crippen LogP contribution in [0.1, 0.15) is 32.6 Å². The highest BCUT2D eigenvalue weighted by Gasteiger charge is 2.35. The van der Waals surface area contributed by atoms with Crippen molar-refractivity contribution in [2.75, 3.05) is 40.3 Å². The number of guanidine groups is 1. The molecule has 0 spiro atoms. The predicted octanol–water partition coefficient (Wildman–Crippen LogP) is 1.16. The Kier molecular flexibility index (Phi) is 5.26. The van der Waals surface area contributed by atoms with Crippen molar-refractivity contribution in [2.24, 2.45) is 16.8 Å². The summed E-state index contributed by atoms with van der Waals surface area (Å²) in [7, 11) is 3.55. The first-order chi connectivity index (χ1) is 9.61. The van der Waals surface area contributed by atoms with Crippen LogP contribution in [0.4, 0.5) is 0 Å². The van der Waals surface area contributed by atoms with E-state index in [0.29, 0.717) is 0 Å². The molecule has 114 valence electrons. The van der Waals surface area contributed by atoms with Gasteiger partial charge in [0.05, 0.1) is 0 Å². The summed E-state index contributed by atoms with van der Waals surface area (Å²) in [6.07, 6.45) is 5.47. The van der Waals surface area contributed by atoms with Gasteiger partial charge in [0.15, 0.2) is 5.96 Å². The summed E-state index contributed by atoms with van der Waals surface area (Å²) in [6.45, 7) is 5.37. The van der Waals surface area contributed by atoms with Crippen molar-refractivity contribution in [2.45, 2.75) is 32.6 Å². The van der Waals surface area contributed by atoms with Crippen molar-refractivity contribution in [3.8, 4) is 0 Å². The zero-order valence-corrected chi connectivity index (χ0v) is 13.1. The fourth-order valence-corrected chi connectivity index (χ4v) is 3.29. The van der Waals surface area contributed by atoms with Crippen LogP contribution in [-0.4, -0.2) is 61.9 Å². The van der Waals surface area contributed by atoms with Gasteiger partial charge in [0.25, 0.3) is 0 Å². The first kappa shape index (κ1) is 15.1. The van der Waals surface area contributed by atoms with Crippen molar-refractivity contribution in [3.05, 3.63) is 0 Å². The fraction of sp³-hybridized carbons (Fsp3) is 0.867. The number of aliphatic imine (C=N–C) groups is 1. The van der Waals surface area contributed by atoms with Gasteiger partial charge in [-0.1, -0.05) is 12.8 Å². The average Bonchev–Trinajstić information content (AvgIpc) is 2.86. The molecule has 0 radical (unpaired) electrons. The number of carbonyl (C=O) groups is 1. The number of fused-ring (bicyclic) bond motifs is 1. The summed E-state index contributed by atoms with van der Waals surface area (Å²) < 4.78 is 0. The maximum Gasteiger partial charge on any atom is 0.243 e. The largest absolute Gasteiger partial charge is 0.357 e. The molecular weight excluding hydrogens is 252 g/mol. The van der Waals surface area contributed by atoms with Crippen LogP contribution in [0.15, 0.2) is 4.99 Å². The Morgan fingerprint density at radius 3 is 2.35 bits per heavy atom. The van der Waals surface area contributed by atoms with Crippen LogP contribution in [0.5, 0.6) is 0 Å². The maximum absolute atomic E-state index is 11.7. The first-order valence-corrected chi connectivity index (χ1v) is 7.85. The van der Waals surface area contributed by atoms with E-state index in [1.165, 1.54) is 25.7 Å². The second-order valence-corrected chi connectivity index (χ2v) is 6.17. The number of likely N-dealkylation sites (N-methyl/N-ethyl adjacent to an activating group) is 1. The molecule has 0 aromatic rings. The zero-order chi connectivity index (χ0) is 14.5. The zero-order valence-electron chi connectivity index (χ0n) is 13.1. The minimum Gasteiger partial charge on any atom is -0.357 e. The molecule has 1 saturated heterocycles. The van der Waals surface area contributed by atoms with Gasteiger partial charge >= 0.3 is 0 Å². The van der Waals surface area contributed by atoms with Crippen LogP contribution in [-0.2, 0) is 4.79 Å². The number of carbonyl (C=O) groups excluding carboxylic acids is 1. The Labute approximate surface area is 122 Å². The standard InChI is InChI=1S/C15H28N4O/c1-4-16-15(17-9-14(20)18(2)3)19-10-12-7-5-6-8-13(12)11-19/h12-13H,4-11H2,1-3H3,(H,16,17). The van der Waals surface area contributed by atoms with E-state index >= 15 is 0 Å². The molecule has 0 aromatic heterocycles. The number of amides is 1. The topological polar surface area (TPSA) is 47.9 Å². The van der Waals surface area contributed by atoms with Gasteiger partial charge in [0, 0.05) is 33.7 Å². The van der Waals surface area contributed by atoms with Gasteiger partial charge in [-0.2, -0.15) is 0 Å². The molecule has 2 rings (SSSR count). The molecule has 0 aromatic carbocycles. The van der Waals surface area contributed by atoms with Crippen LogP contribution < -0.4 is 5.32 Å². The Bertz CT molecular complexity index is 353. The lowest BCUT2D eigenvalue weighted by atomic mass is 9.82. The molecule has 1 aliphatic carbocycles. The van der Waals surface area contributed by atoms with Crippen LogP contribution >= 0.6 is 0 Å². The van der Waals surface area contributed by atoms with E-state index in [4.69, 9.17) is 0 Å². The third kappa shape index (κ3) is 3.64. The van der Waals surface area contributed by atoms with Crippen molar-refractivity contribution < 1.29 is 4.79 Å². The lowest BCUT2D eigenvalue weighted by Gasteiger charge is -2.22. The number of hydrogen-bond acceptors (Lipinski definition) is 2. The second kappa shape index (κ2) is 6.95. The molecule has 1 heterocycles. The maximum atomic E-state index is 11.7. The van der Waals surface area contributed by atoms with E-state index in [1.54, 1.807) is 19.0 Å².